The van der Waals surface area contributed by atoms with Crippen molar-refractivity contribution in [3.63, 3.8) is 0 Å². The average Bonchev–Trinajstić information content (AvgIpc) is 2.80. The fourth-order valence-corrected chi connectivity index (χ4v) is 3.08. The number of hydrogen-bond donors (Lipinski definition) is 2. The quantitative estimate of drug-likeness (QED) is 0.786. The van der Waals surface area contributed by atoms with Crippen molar-refractivity contribution in [2.45, 2.75) is 6.42 Å². The molecular weight excluding hydrogens is 218 g/mol. The van der Waals surface area contributed by atoms with E-state index >= 15 is 0 Å². The van der Waals surface area contributed by atoms with Gasteiger partial charge in [-0.05, 0) is 42.0 Å². The minimum atomic E-state index is 0.611. The largest absolute Gasteiger partial charge is 0.397 e. The third-order valence-electron chi connectivity index (χ3n) is 2.79. The number of nitrogens with zero attached hydrogens (tertiary/aromatic N) is 1. The lowest BCUT2D eigenvalue weighted by atomic mass is 10.1. The minimum Gasteiger partial charge on any atom is -0.397 e. The second-order valence-corrected chi connectivity index (χ2v) is 5.17. The first-order valence-electron chi connectivity index (χ1n) is 5.41. The molecule has 0 saturated carbocycles. The lowest BCUT2D eigenvalue weighted by Gasteiger charge is -2.13. The van der Waals surface area contributed by atoms with E-state index in [9.17, 15) is 0 Å². The Kier molecular flexibility index (Phi) is 3.58. The van der Waals surface area contributed by atoms with Gasteiger partial charge in [0.25, 0.3) is 0 Å². The van der Waals surface area contributed by atoms with E-state index in [2.05, 4.69) is 11.4 Å². The molecule has 3 N–H and O–H groups in total. The number of benzene rings is 1. The van der Waals surface area contributed by atoms with Crippen LogP contribution in [0.3, 0.4) is 0 Å². The van der Waals surface area contributed by atoms with Crippen molar-refractivity contribution in [2.75, 3.05) is 29.1 Å². The van der Waals surface area contributed by atoms with Gasteiger partial charge in [-0.3, -0.25) is 0 Å². The first-order chi connectivity index (χ1) is 7.79. The highest BCUT2D eigenvalue weighted by atomic mass is 32.2. The summed E-state index contributed by atoms with van der Waals surface area (Å²) in [6, 6.07) is 7.47. The Bertz CT molecular complexity index is 405. The number of rotatable bonds is 3. The number of nitrogen functional groups attached to an aromatic ring is 1. The van der Waals surface area contributed by atoms with E-state index in [1.54, 1.807) is 12.1 Å². The van der Waals surface area contributed by atoms with Crippen LogP contribution in [-0.4, -0.2) is 18.1 Å². The molecule has 0 aliphatic carbocycles. The number of nitrogens with one attached hydrogen (secondary N) is 1. The number of nitriles is 1. The highest BCUT2D eigenvalue weighted by Gasteiger charge is 2.15. The van der Waals surface area contributed by atoms with Crippen LogP contribution in [0.4, 0.5) is 11.4 Å². The van der Waals surface area contributed by atoms with E-state index in [-0.39, 0.29) is 0 Å². The van der Waals surface area contributed by atoms with Crippen molar-refractivity contribution < 1.29 is 0 Å². The van der Waals surface area contributed by atoms with Crippen LogP contribution in [0, 0.1) is 17.2 Å². The zero-order valence-electron chi connectivity index (χ0n) is 9.07. The number of nitrogens with two attached hydrogens (primary N) is 1. The summed E-state index contributed by atoms with van der Waals surface area (Å²) in [6.45, 7) is 0.975. The molecule has 1 aromatic carbocycles. The maximum absolute atomic E-state index is 8.73. The van der Waals surface area contributed by atoms with Crippen LogP contribution in [0.2, 0.25) is 0 Å². The van der Waals surface area contributed by atoms with Gasteiger partial charge >= 0.3 is 0 Å². The van der Waals surface area contributed by atoms with Gasteiger partial charge in [-0.2, -0.15) is 17.0 Å². The van der Waals surface area contributed by atoms with Crippen molar-refractivity contribution in [3.8, 4) is 6.07 Å². The molecule has 0 amide bonds. The second-order valence-electron chi connectivity index (χ2n) is 4.02. The molecule has 1 aliphatic rings. The van der Waals surface area contributed by atoms with Crippen molar-refractivity contribution >= 4 is 23.1 Å². The monoisotopic (exact) mass is 233 g/mol. The Morgan fingerprint density at radius 2 is 2.44 bits per heavy atom. The number of hydrogen-bond acceptors (Lipinski definition) is 4. The molecule has 0 aromatic heterocycles. The van der Waals surface area contributed by atoms with Crippen molar-refractivity contribution in [1.29, 1.82) is 5.26 Å². The Balaban J connectivity index is 1.96. The maximum atomic E-state index is 8.73. The van der Waals surface area contributed by atoms with Gasteiger partial charge in [0, 0.05) is 6.54 Å². The Morgan fingerprint density at radius 1 is 1.56 bits per heavy atom. The first-order valence-corrected chi connectivity index (χ1v) is 6.56. The van der Waals surface area contributed by atoms with Gasteiger partial charge in [-0.25, -0.2) is 0 Å². The number of anilines is 2. The Labute approximate surface area is 100 Å². The standard InChI is InChI=1S/C12H15N3S/c13-6-9-1-2-12(11(14)5-9)15-7-10-3-4-16-8-10/h1-2,5,10,15H,3-4,7-8,14H2. The Hall–Kier alpha value is -1.34. The lowest BCUT2D eigenvalue weighted by molar-refractivity contribution is 0.632. The third kappa shape index (κ3) is 2.61. The van der Waals surface area contributed by atoms with Crippen LogP contribution in [0.5, 0.6) is 0 Å². The summed E-state index contributed by atoms with van der Waals surface area (Å²) >= 11 is 2.01. The summed E-state index contributed by atoms with van der Waals surface area (Å²) in [5, 5.41) is 12.1. The fourth-order valence-electron chi connectivity index (χ4n) is 1.79. The zero-order valence-corrected chi connectivity index (χ0v) is 9.89. The summed E-state index contributed by atoms with van der Waals surface area (Å²) in [5.41, 5.74) is 8.07. The van der Waals surface area contributed by atoms with Gasteiger partial charge in [0.1, 0.15) is 0 Å². The summed E-state index contributed by atoms with van der Waals surface area (Å²) in [5.74, 6) is 3.26. The molecule has 0 radical (unpaired) electrons. The minimum absolute atomic E-state index is 0.611. The van der Waals surface area contributed by atoms with E-state index in [0.29, 0.717) is 11.3 Å². The van der Waals surface area contributed by atoms with Gasteiger partial charge < -0.3 is 11.1 Å². The molecule has 2 rings (SSSR count). The van der Waals surface area contributed by atoms with Crippen LogP contribution in [-0.2, 0) is 0 Å². The van der Waals surface area contributed by atoms with Crippen LogP contribution in [0.15, 0.2) is 18.2 Å². The van der Waals surface area contributed by atoms with Crippen LogP contribution in [0.25, 0.3) is 0 Å². The van der Waals surface area contributed by atoms with E-state index in [0.717, 1.165) is 18.2 Å². The molecule has 0 bridgehead atoms. The predicted molar refractivity (Wildman–Crippen MR) is 69.5 cm³/mol. The molecule has 84 valence electrons. The molecule has 4 heteroatoms. The summed E-state index contributed by atoms with van der Waals surface area (Å²) < 4.78 is 0. The summed E-state index contributed by atoms with van der Waals surface area (Å²) in [6.07, 6.45) is 1.29. The van der Waals surface area contributed by atoms with Gasteiger partial charge in [-0.1, -0.05) is 0 Å². The van der Waals surface area contributed by atoms with Crippen LogP contribution >= 0.6 is 11.8 Å². The van der Waals surface area contributed by atoms with Crippen molar-refractivity contribution in [3.05, 3.63) is 23.8 Å². The number of thioether (sulfide) groups is 1. The molecule has 1 saturated heterocycles. The fraction of sp³-hybridized carbons (Fsp3) is 0.417. The van der Waals surface area contributed by atoms with E-state index in [1.807, 2.05) is 17.8 Å². The summed E-state index contributed by atoms with van der Waals surface area (Å²) in [7, 11) is 0. The average molecular weight is 233 g/mol. The highest BCUT2D eigenvalue weighted by molar-refractivity contribution is 7.99. The van der Waals surface area contributed by atoms with Gasteiger partial charge in [0.15, 0.2) is 0 Å². The topological polar surface area (TPSA) is 61.8 Å². The predicted octanol–water partition coefficient (Wildman–Crippen LogP) is 2.31. The van der Waals surface area contributed by atoms with E-state index in [1.165, 1.54) is 17.9 Å². The highest BCUT2D eigenvalue weighted by Crippen LogP contribution is 2.25. The van der Waals surface area contributed by atoms with Gasteiger partial charge in [0.05, 0.1) is 23.0 Å². The molecule has 0 spiro atoms. The van der Waals surface area contributed by atoms with Crippen molar-refractivity contribution in [2.24, 2.45) is 5.92 Å². The third-order valence-corrected chi connectivity index (χ3v) is 4.02. The molecule has 16 heavy (non-hydrogen) atoms. The van der Waals surface area contributed by atoms with E-state index < -0.39 is 0 Å². The van der Waals surface area contributed by atoms with E-state index in [4.69, 9.17) is 11.0 Å². The smallest absolute Gasteiger partial charge is 0.0992 e. The molecule has 1 aromatic rings. The molecule has 1 heterocycles. The first kappa shape index (κ1) is 11.2. The molecule has 1 atom stereocenters. The molecule has 1 aliphatic heterocycles. The van der Waals surface area contributed by atoms with Crippen LogP contribution in [0.1, 0.15) is 12.0 Å². The van der Waals surface area contributed by atoms with Crippen LogP contribution < -0.4 is 11.1 Å². The zero-order chi connectivity index (χ0) is 11.4. The molecular formula is C12H15N3S. The normalized spacial score (nSPS) is 19.3. The Morgan fingerprint density at radius 3 is 3.06 bits per heavy atom. The second kappa shape index (κ2) is 5.13. The molecule has 3 nitrogen and oxygen atoms in total. The van der Waals surface area contributed by atoms with Crippen molar-refractivity contribution in [1.82, 2.24) is 0 Å². The molecule has 1 fully saturated rings. The maximum Gasteiger partial charge on any atom is 0.0992 e. The SMILES string of the molecule is N#Cc1ccc(NCC2CCSC2)c(N)c1. The summed E-state index contributed by atoms with van der Waals surface area (Å²) in [4.78, 5) is 0. The van der Waals surface area contributed by atoms with Gasteiger partial charge in [0.2, 0.25) is 0 Å². The molecule has 1 unspecified atom stereocenters. The lowest BCUT2D eigenvalue weighted by Crippen LogP contribution is -2.14. The van der Waals surface area contributed by atoms with Gasteiger partial charge in [-0.15, -0.1) is 0 Å².